The lowest BCUT2D eigenvalue weighted by atomic mass is 9.59. The maximum Gasteiger partial charge on any atom is 0.255 e. The summed E-state index contributed by atoms with van der Waals surface area (Å²) in [6, 6.07) is 9.64. The second kappa shape index (κ2) is 8.84. The Kier molecular flexibility index (Phi) is 5.98. The predicted octanol–water partition coefficient (Wildman–Crippen LogP) is 3.78. The van der Waals surface area contributed by atoms with Crippen molar-refractivity contribution in [3.63, 3.8) is 0 Å². The summed E-state index contributed by atoms with van der Waals surface area (Å²) in [6.07, 6.45) is 0.932. The fourth-order valence-electron chi connectivity index (χ4n) is 6.37. The van der Waals surface area contributed by atoms with E-state index >= 15 is 0 Å². The smallest absolute Gasteiger partial charge is 0.255 e. The van der Waals surface area contributed by atoms with E-state index < -0.39 is 52.0 Å². The number of ketones is 2. The molecule has 1 fully saturated rings. The van der Waals surface area contributed by atoms with E-state index in [0.29, 0.717) is 17.5 Å². The van der Waals surface area contributed by atoms with Gasteiger partial charge in [-0.15, -0.1) is 0 Å². The van der Waals surface area contributed by atoms with E-state index in [4.69, 9.17) is 5.73 Å². The molecular weight excluding hydrogens is 486 g/mol. The quantitative estimate of drug-likeness (QED) is 0.386. The highest BCUT2D eigenvalue weighted by Gasteiger charge is 2.60. The van der Waals surface area contributed by atoms with Gasteiger partial charge in [0.2, 0.25) is 5.78 Å². The van der Waals surface area contributed by atoms with Crippen molar-refractivity contribution in [1.82, 2.24) is 0 Å². The van der Waals surface area contributed by atoms with Crippen LogP contribution >= 0.6 is 0 Å². The normalized spacial score (nSPS) is 24.9. The minimum Gasteiger partial charge on any atom is -0.508 e. The molecule has 1 saturated carbocycles. The summed E-state index contributed by atoms with van der Waals surface area (Å²) in [4.78, 5) is 38.1. The zero-order chi connectivity index (χ0) is 27.7. The maximum atomic E-state index is 13.8. The average molecular weight is 518 g/mol. The van der Waals surface area contributed by atoms with Gasteiger partial charge in [0.1, 0.15) is 22.8 Å². The van der Waals surface area contributed by atoms with Crippen LogP contribution in [0.2, 0.25) is 0 Å². The highest BCUT2D eigenvalue weighted by Crippen LogP contribution is 2.54. The van der Waals surface area contributed by atoms with Gasteiger partial charge >= 0.3 is 0 Å². The summed E-state index contributed by atoms with van der Waals surface area (Å²) in [5.41, 5.74) is 5.87. The molecular formula is C30H31NO7. The summed E-state index contributed by atoms with van der Waals surface area (Å²) in [7, 11) is 0. The van der Waals surface area contributed by atoms with Gasteiger partial charge in [0.15, 0.2) is 11.4 Å². The number of rotatable bonds is 4. The Morgan fingerprint density at radius 3 is 2.34 bits per heavy atom. The van der Waals surface area contributed by atoms with Crippen LogP contribution < -0.4 is 5.73 Å². The Morgan fingerprint density at radius 1 is 1.11 bits per heavy atom. The van der Waals surface area contributed by atoms with Crippen LogP contribution in [-0.4, -0.2) is 43.5 Å². The zero-order valence-corrected chi connectivity index (χ0v) is 21.5. The van der Waals surface area contributed by atoms with Crippen molar-refractivity contribution in [3.05, 3.63) is 69.5 Å². The summed E-state index contributed by atoms with van der Waals surface area (Å²) in [5.74, 6) is -6.19. The Labute approximate surface area is 220 Å². The van der Waals surface area contributed by atoms with Crippen LogP contribution in [0.5, 0.6) is 5.75 Å². The van der Waals surface area contributed by atoms with Crippen LogP contribution in [0.4, 0.5) is 0 Å². The lowest BCUT2D eigenvalue weighted by molar-refractivity contribution is -0.147. The number of amides is 1. The molecule has 8 nitrogen and oxygen atoms in total. The van der Waals surface area contributed by atoms with Crippen molar-refractivity contribution < 1.29 is 34.8 Å². The number of aliphatic hydroxyl groups is 3. The molecule has 3 aliphatic carbocycles. The van der Waals surface area contributed by atoms with Gasteiger partial charge in [-0.05, 0) is 59.4 Å². The number of aliphatic hydroxyl groups excluding tert-OH is 2. The van der Waals surface area contributed by atoms with Gasteiger partial charge in [-0.1, -0.05) is 45.0 Å². The van der Waals surface area contributed by atoms with E-state index in [9.17, 15) is 34.8 Å². The van der Waals surface area contributed by atoms with Gasteiger partial charge in [0, 0.05) is 23.5 Å². The molecule has 38 heavy (non-hydrogen) atoms. The fraction of sp³-hybridized carbons (Fsp3) is 0.367. The van der Waals surface area contributed by atoms with Crippen molar-refractivity contribution in [3.8, 4) is 16.9 Å². The molecule has 0 unspecified atom stereocenters. The molecule has 0 heterocycles. The number of Topliss-reactive ketones (excluding diaryl/α,β-unsaturated/α-hetero) is 2. The molecule has 8 heteroatoms. The lowest BCUT2D eigenvalue weighted by Gasteiger charge is -2.46. The molecule has 0 radical (unpaired) electrons. The topological polar surface area (TPSA) is 158 Å². The standard InChI is InChI=1S/C30H31NO7/c1-4-14-5-7-15(8-6-14)19-12-18(13(2)3)20-10-16-9-17-11-21(32)24(29(31)37)28(36)30(17,38)27(35)22(16)26(34)23(20)25(19)33/h5-8,12-13,16-17,33-34,36,38H,4,9-11H2,1-3H3,(H2,31,37)/t16-,17+,30+/m1/s1. The number of aryl methyl sites for hydroxylation is 1. The number of hydrogen-bond donors (Lipinski definition) is 5. The predicted molar refractivity (Wildman–Crippen MR) is 140 cm³/mol. The van der Waals surface area contributed by atoms with E-state index in [1.807, 2.05) is 51.1 Å². The number of fused-ring (bicyclic) bond motifs is 3. The molecule has 0 saturated heterocycles. The number of primary amides is 1. The van der Waals surface area contributed by atoms with Crippen LogP contribution in [-0.2, 0) is 27.2 Å². The van der Waals surface area contributed by atoms with Gasteiger partial charge in [-0.25, -0.2) is 0 Å². The van der Waals surface area contributed by atoms with Crippen LogP contribution in [0.25, 0.3) is 16.9 Å². The van der Waals surface area contributed by atoms with Gasteiger partial charge in [0.25, 0.3) is 5.91 Å². The van der Waals surface area contributed by atoms with Crippen LogP contribution in [0.1, 0.15) is 61.8 Å². The van der Waals surface area contributed by atoms with Crippen LogP contribution in [0.3, 0.4) is 0 Å². The number of carbonyl (C=O) groups is 3. The third kappa shape index (κ3) is 3.50. The number of phenols is 1. The Balaban J connectivity index is 1.73. The number of carbonyl (C=O) groups excluding carboxylic acids is 3. The first-order valence-electron chi connectivity index (χ1n) is 12.9. The third-order valence-corrected chi connectivity index (χ3v) is 8.39. The molecule has 0 aromatic heterocycles. The van der Waals surface area contributed by atoms with Gasteiger partial charge < -0.3 is 26.2 Å². The highest BCUT2D eigenvalue weighted by molar-refractivity contribution is 6.22. The number of benzene rings is 2. The largest absolute Gasteiger partial charge is 0.508 e. The third-order valence-electron chi connectivity index (χ3n) is 8.39. The van der Waals surface area contributed by atoms with Crippen molar-refractivity contribution in [1.29, 1.82) is 0 Å². The molecule has 6 N–H and O–H groups in total. The van der Waals surface area contributed by atoms with Crippen molar-refractivity contribution in [2.24, 2.45) is 17.6 Å². The Morgan fingerprint density at radius 2 is 1.76 bits per heavy atom. The summed E-state index contributed by atoms with van der Waals surface area (Å²) in [6.45, 7) is 6.06. The minimum atomic E-state index is -2.57. The first-order chi connectivity index (χ1) is 17.9. The number of aromatic hydroxyl groups is 1. The zero-order valence-electron chi connectivity index (χ0n) is 21.5. The molecule has 2 aromatic carbocycles. The fourth-order valence-corrected chi connectivity index (χ4v) is 6.37. The van der Waals surface area contributed by atoms with E-state index in [2.05, 4.69) is 0 Å². The first-order valence-corrected chi connectivity index (χ1v) is 12.9. The number of phenolic OH excluding ortho intramolecular Hbond substituents is 1. The van der Waals surface area contributed by atoms with Crippen molar-refractivity contribution >= 4 is 23.2 Å². The Bertz CT molecular complexity index is 1460. The van der Waals surface area contributed by atoms with Crippen LogP contribution in [0, 0.1) is 11.8 Å². The van der Waals surface area contributed by atoms with Gasteiger partial charge in [-0.3, -0.25) is 14.4 Å². The lowest BCUT2D eigenvalue weighted by Crippen LogP contribution is -2.58. The average Bonchev–Trinajstić information content (AvgIpc) is 2.86. The second-order valence-corrected chi connectivity index (χ2v) is 10.8. The SMILES string of the molecule is CCc1ccc(-c2cc(C(C)C)c3c(c2O)C(O)=C2C(=O)[C@]4(O)C(O)=C(C(N)=O)C(=O)C[C@@H]4C[C@@H]2C3)cc1. The number of nitrogens with two attached hydrogens (primary N) is 1. The Hall–Kier alpha value is -3.91. The van der Waals surface area contributed by atoms with Crippen LogP contribution in [0.15, 0.2) is 47.2 Å². The summed E-state index contributed by atoms with van der Waals surface area (Å²) >= 11 is 0. The second-order valence-electron chi connectivity index (χ2n) is 10.8. The molecule has 0 bridgehead atoms. The summed E-state index contributed by atoms with van der Waals surface area (Å²) < 4.78 is 0. The molecule has 3 atom stereocenters. The van der Waals surface area contributed by atoms with Gasteiger partial charge in [0.05, 0.1) is 5.56 Å². The molecule has 198 valence electrons. The van der Waals surface area contributed by atoms with E-state index in [-0.39, 0.29) is 35.6 Å². The van der Waals surface area contributed by atoms with Crippen molar-refractivity contribution in [2.75, 3.05) is 0 Å². The van der Waals surface area contributed by atoms with E-state index in [0.717, 1.165) is 23.1 Å². The molecule has 3 aliphatic rings. The minimum absolute atomic E-state index is 0.0324. The maximum absolute atomic E-state index is 13.8. The van der Waals surface area contributed by atoms with E-state index in [1.54, 1.807) is 0 Å². The van der Waals surface area contributed by atoms with E-state index in [1.165, 1.54) is 0 Å². The molecule has 0 spiro atoms. The van der Waals surface area contributed by atoms with Crippen molar-refractivity contribution in [2.45, 2.75) is 58.0 Å². The molecule has 2 aromatic rings. The monoisotopic (exact) mass is 517 g/mol. The molecule has 0 aliphatic heterocycles. The molecule has 5 rings (SSSR count). The summed E-state index contributed by atoms with van der Waals surface area (Å²) in [5, 5.41) is 45.1. The highest BCUT2D eigenvalue weighted by atomic mass is 16.3. The molecule has 1 amide bonds. The first kappa shape index (κ1) is 25.7. The van der Waals surface area contributed by atoms with Gasteiger partial charge in [-0.2, -0.15) is 0 Å². The number of hydrogen-bond acceptors (Lipinski definition) is 7.